The van der Waals surface area contributed by atoms with Crippen molar-refractivity contribution < 1.29 is 29.0 Å². The first kappa shape index (κ1) is 16.4. The Morgan fingerprint density at radius 1 is 1.30 bits per heavy atom. The zero-order chi connectivity index (χ0) is 15.2. The zero-order valence-electron chi connectivity index (χ0n) is 11.0. The molecule has 7 heteroatoms. The summed E-state index contributed by atoms with van der Waals surface area (Å²) in [4.78, 5) is 28.6. The highest BCUT2D eigenvalue weighted by Crippen LogP contribution is 2.35. The van der Waals surface area contributed by atoms with Crippen molar-refractivity contribution in [2.24, 2.45) is 0 Å². The Labute approximate surface area is 116 Å². The van der Waals surface area contributed by atoms with Crippen molar-refractivity contribution in [2.45, 2.75) is 12.8 Å². The molecular weight excluding hydrogens is 283 g/mol. The minimum atomic E-state index is -4.08. The van der Waals surface area contributed by atoms with Crippen LogP contribution in [0.5, 0.6) is 5.75 Å². The van der Waals surface area contributed by atoms with Crippen molar-refractivity contribution in [3.8, 4) is 5.75 Å². The third-order valence-corrected chi connectivity index (χ3v) is 3.53. The number of carbonyl (C=O) groups is 1. The van der Waals surface area contributed by atoms with E-state index in [9.17, 15) is 9.36 Å². The standard InChI is InChI=1S/C13H17O6P/c1-19-12-6-4-10(5-7-12)9-11(13(14)15)3-2-8-20(16,17)18/h4-7,9H,2-3,8H2,1H3,(H,14,15)(H2,16,17,18)/b11-9+. The molecule has 0 saturated heterocycles. The lowest BCUT2D eigenvalue weighted by atomic mass is 10.1. The van der Waals surface area contributed by atoms with E-state index in [2.05, 4.69) is 0 Å². The van der Waals surface area contributed by atoms with Gasteiger partial charge in [0, 0.05) is 5.57 Å². The smallest absolute Gasteiger partial charge is 0.331 e. The molecule has 6 nitrogen and oxygen atoms in total. The van der Waals surface area contributed by atoms with Gasteiger partial charge in [0.15, 0.2) is 0 Å². The molecule has 0 amide bonds. The molecule has 1 rings (SSSR count). The van der Waals surface area contributed by atoms with Crippen LogP contribution in [0, 0.1) is 0 Å². The molecular formula is C13H17O6P. The van der Waals surface area contributed by atoms with Gasteiger partial charge in [-0.05, 0) is 36.6 Å². The van der Waals surface area contributed by atoms with E-state index in [1.54, 1.807) is 24.3 Å². The summed E-state index contributed by atoms with van der Waals surface area (Å²) in [6, 6.07) is 6.84. The third-order valence-electron chi connectivity index (χ3n) is 2.63. The van der Waals surface area contributed by atoms with E-state index >= 15 is 0 Å². The van der Waals surface area contributed by atoms with Gasteiger partial charge in [-0.3, -0.25) is 4.57 Å². The van der Waals surface area contributed by atoms with Gasteiger partial charge in [0.2, 0.25) is 0 Å². The molecule has 1 aromatic carbocycles. The van der Waals surface area contributed by atoms with Gasteiger partial charge in [0.05, 0.1) is 13.3 Å². The van der Waals surface area contributed by atoms with Gasteiger partial charge in [-0.1, -0.05) is 12.1 Å². The van der Waals surface area contributed by atoms with Crippen LogP contribution in [-0.4, -0.2) is 34.1 Å². The van der Waals surface area contributed by atoms with Crippen molar-refractivity contribution in [1.29, 1.82) is 0 Å². The van der Waals surface area contributed by atoms with Crippen LogP contribution in [-0.2, 0) is 9.36 Å². The van der Waals surface area contributed by atoms with Crippen LogP contribution in [0.1, 0.15) is 18.4 Å². The first-order chi connectivity index (χ1) is 9.31. The zero-order valence-corrected chi connectivity index (χ0v) is 11.9. The second kappa shape index (κ2) is 7.24. The average molecular weight is 300 g/mol. The van der Waals surface area contributed by atoms with Gasteiger partial charge in [-0.15, -0.1) is 0 Å². The minimum Gasteiger partial charge on any atom is -0.497 e. The van der Waals surface area contributed by atoms with Crippen molar-refractivity contribution in [3.63, 3.8) is 0 Å². The number of carboxylic acid groups (broad SMARTS) is 1. The van der Waals surface area contributed by atoms with Gasteiger partial charge in [0.1, 0.15) is 5.75 Å². The Morgan fingerprint density at radius 3 is 2.35 bits per heavy atom. The summed E-state index contributed by atoms with van der Waals surface area (Å²) in [6.45, 7) is 0. The lowest BCUT2D eigenvalue weighted by Crippen LogP contribution is -2.02. The number of benzene rings is 1. The monoisotopic (exact) mass is 300 g/mol. The number of rotatable bonds is 7. The Kier molecular flexibility index (Phi) is 5.95. The molecule has 0 saturated carbocycles. The van der Waals surface area contributed by atoms with Gasteiger partial charge < -0.3 is 19.6 Å². The second-order valence-electron chi connectivity index (χ2n) is 4.24. The summed E-state index contributed by atoms with van der Waals surface area (Å²) in [5.41, 5.74) is 0.808. The Hall–Kier alpha value is -1.62. The highest BCUT2D eigenvalue weighted by Gasteiger charge is 2.14. The quantitative estimate of drug-likeness (QED) is 0.526. The first-order valence-corrected chi connectivity index (χ1v) is 7.74. The van der Waals surface area contributed by atoms with Crippen LogP contribution in [0.2, 0.25) is 0 Å². The Morgan fingerprint density at radius 2 is 1.90 bits per heavy atom. The first-order valence-electron chi connectivity index (χ1n) is 5.94. The van der Waals surface area contributed by atoms with E-state index in [1.807, 2.05) is 0 Å². The summed E-state index contributed by atoms with van der Waals surface area (Å²) in [5, 5.41) is 9.08. The molecule has 20 heavy (non-hydrogen) atoms. The third kappa shape index (κ3) is 6.02. The number of methoxy groups -OCH3 is 1. The number of hydrogen-bond donors (Lipinski definition) is 3. The van der Waals surface area contributed by atoms with Crippen LogP contribution in [0.15, 0.2) is 29.8 Å². The van der Waals surface area contributed by atoms with Crippen LogP contribution >= 0.6 is 7.60 Å². The van der Waals surface area contributed by atoms with E-state index in [0.717, 1.165) is 0 Å². The predicted molar refractivity (Wildman–Crippen MR) is 74.8 cm³/mol. The van der Waals surface area contributed by atoms with E-state index < -0.39 is 13.6 Å². The van der Waals surface area contributed by atoms with Gasteiger partial charge in [0.25, 0.3) is 0 Å². The topological polar surface area (TPSA) is 104 Å². The van der Waals surface area contributed by atoms with Crippen molar-refractivity contribution >= 4 is 19.6 Å². The minimum absolute atomic E-state index is 0.104. The molecule has 3 N–H and O–H groups in total. The summed E-state index contributed by atoms with van der Waals surface area (Å²) < 4.78 is 15.7. The lowest BCUT2D eigenvalue weighted by molar-refractivity contribution is -0.132. The molecule has 0 aromatic heterocycles. The van der Waals surface area contributed by atoms with Crippen LogP contribution < -0.4 is 4.74 Å². The molecule has 0 radical (unpaired) electrons. The van der Waals surface area contributed by atoms with Gasteiger partial charge in [-0.25, -0.2) is 4.79 Å². The van der Waals surface area contributed by atoms with Crippen molar-refractivity contribution in [3.05, 3.63) is 35.4 Å². The number of carboxylic acids is 1. The van der Waals surface area contributed by atoms with Gasteiger partial charge in [-0.2, -0.15) is 0 Å². The van der Waals surface area contributed by atoms with E-state index in [-0.39, 0.29) is 24.6 Å². The lowest BCUT2D eigenvalue weighted by Gasteiger charge is -2.05. The van der Waals surface area contributed by atoms with Crippen LogP contribution in [0.4, 0.5) is 0 Å². The molecule has 0 unspecified atom stereocenters. The molecule has 0 aliphatic rings. The largest absolute Gasteiger partial charge is 0.497 e. The summed E-state index contributed by atoms with van der Waals surface area (Å²) in [7, 11) is -2.54. The molecule has 0 atom stereocenters. The highest BCUT2D eigenvalue weighted by atomic mass is 31.2. The fourth-order valence-corrected chi connectivity index (χ4v) is 2.19. The summed E-state index contributed by atoms with van der Waals surface area (Å²) in [6.07, 6.45) is 1.40. The maximum absolute atomic E-state index is 11.1. The molecule has 0 heterocycles. The summed E-state index contributed by atoms with van der Waals surface area (Å²) >= 11 is 0. The fraction of sp³-hybridized carbons (Fsp3) is 0.308. The molecule has 0 aliphatic carbocycles. The van der Waals surface area contributed by atoms with Crippen molar-refractivity contribution in [1.82, 2.24) is 0 Å². The number of hydrogen-bond acceptors (Lipinski definition) is 3. The average Bonchev–Trinajstić information content (AvgIpc) is 2.37. The fourth-order valence-electron chi connectivity index (χ4n) is 1.62. The van der Waals surface area contributed by atoms with Crippen LogP contribution in [0.3, 0.4) is 0 Å². The molecule has 1 aromatic rings. The normalized spacial score (nSPS) is 12.2. The number of ether oxygens (including phenoxy) is 1. The maximum Gasteiger partial charge on any atom is 0.331 e. The van der Waals surface area contributed by atoms with E-state index in [0.29, 0.717) is 11.3 Å². The van der Waals surface area contributed by atoms with Gasteiger partial charge >= 0.3 is 13.6 Å². The molecule has 110 valence electrons. The predicted octanol–water partition coefficient (Wildman–Crippen LogP) is 2.12. The molecule has 0 spiro atoms. The second-order valence-corrected chi connectivity index (χ2v) is 6.02. The maximum atomic E-state index is 11.1. The SMILES string of the molecule is COc1ccc(/C=C(\CCCP(=O)(O)O)C(=O)O)cc1. The Bertz CT molecular complexity index is 528. The molecule has 0 aliphatic heterocycles. The number of aliphatic carboxylic acids is 1. The van der Waals surface area contributed by atoms with E-state index in [4.69, 9.17) is 19.6 Å². The molecule has 0 bridgehead atoms. The Balaban J connectivity index is 2.76. The highest BCUT2D eigenvalue weighted by molar-refractivity contribution is 7.51. The molecule has 0 fully saturated rings. The van der Waals surface area contributed by atoms with Crippen LogP contribution in [0.25, 0.3) is 6.08 Å². The van der Waals surface area contributed by atoms with E-state index in [1.165, 1.54) is 13.2 Å². The van der Waals surface area contributed by atoms with Crippen molar-refractivity contribution in [2.75, 3.05) is 13.3 Å². The summed E-state index contributed by atoms with van der Waals surface area (Å²) in [5.74, 6) is -0.424.